The van der Waals surface area contributed by atoms with Crippen LogP contribution in [-0.2, 0) is 0 Å². The van der Waals surface area contributed by atoms with Crippen molar-refractivity contribution in [1.29, 1.82) is 0 Å². The number of hydrogen-bond donors (Lipinski definition) is 2. The van der Waals surface area contributed by atoms with Crippen molar-refractivity contribution in [3.63, 3.8) is 0 Å². The largest absolute Gasteiger partial charge is 0.493 e. The molecule has 32 heavy (non-hydrogen) atoms. The van der Waals surface area contributed by atoms with Crippen LogP contribution in [0.5, 0.6) is 28.9 Å². The Hall–Kier alpha value is -4.27. The smallest absolute Gasteiger partial charge is 0.255 e. The minimum absolute atomic E-state index is 0.293. The summed E-state index contributed by atoms with van der Waals surface area (Å²) in [5.41, 5.74) is 6.44. The molecule has 0 saturated heterocycles. The molecule has 1 aliphatic heterocycles. The number of anilines is 1. The van der Waals surface area contributed by atoms with Crippen LogP contribution in [0.4, 0.5) is 5.69 Å². The molecule has 3 aromatic rings. The summed E-state index contributed by atoms with van der Waals surface area (Å²) < 4.78 is 22.4. The standard InChI is InChI=1S/C23H21N3O6/c1-29-18-11-15(12-19-21(18)31-9-3-8-30-19)23(28)26-16-6-7-20(25-13-16)32-17-5-2-4-14(10-17)22(24)27/h2,4-7,10-13H,3,8-9H2,1H3,(H2,24,27)(H,26,28). The Morgan fingerprint density at radius 3 is 2.66 bits per heavy atom. The number of carbonyl (C=O) groups is 2. The third-order valence-electron chi connectivity index (χ3n) is 4.63. The van der Waals surface area contributed by atoms with Gasteiger partial charge in [0.1, 0.15) is 5.75 Å². The maximum Gasteiger partial charge on any atom is 0.255 e. The second-order valence-corrected chi connectivity index (χ2v) is 6.89. The van der Waals surface area contributed by atoms with Crippen LogP contribution < -0.4 is 30.0 Å². The van der Waals surface area contributed by atoms with E-state index in [2.05, 4.69) is 10.3 Å². The molecule has 0 atom stereocenters. The summed E-state index contributed by atoms with van der Waals surface area (Å²) in [4.78, 5) is 28.2. The number of aromatic nitrogens is 1. The predicted molar refractivity (Wildman–Crippen MR) is 116 cm³/mol. The molecule has 4 rings (SSSR count). The van der Waals surface area contributed by atoms with Crippen LogP contribution in [0.3, 0.4) is 0 Å². The van der Waals surface area contributed by atoms with Gasteiger partial charge in [0.05, 0.1) is 32.2 Å². The monoisotopic (exact) mass is 435 g/mol. The van der Waals surface area contributed by atoms with Crippen molar-refractivity contribution < 1.29 is 28.5 Å². The van der Waals surface area contributed by atoms with Crippen molar-refractivity contribution in [3.05, 3.63) is 65.9 Å². The third kappa shape index (κ3) is 4.72. The lowest BCUT2D eigenvalue weighted by atomic mass is 10.1. The Morgan fingerprint density at radius 2 is 1.91 bits per heavy atom. The lowest BCUT2D eigenvalue weighted by Crippen LogP contribution is -2.13. The van der Waals surface area contributed by atoms with Gasteiger partial charge in [-0.1, -0.05) is 6.07 Å². The van der Waals surface area contributed by atoms with Crippen molar-refractivity contribution in [3.8, 4) is 28.9 Å². The average Bonchev–Trinajstić information content (AvgIpc) is 3.05. The van der Waals surface area contributed by atoms with E-state index in [9.17, 15) is 9.59 Å². The molecule has 3 N–H and O–H groups in total. The van der Waals surface area contributed by atoms with Crippen LogP contribution >= 0.6 is 0 Å². The van der Waals surface area contributed by atoms with E-state index in [4.69, 9.17) is 24.7 Å². The van der Waals surface area contributed by atoms with Gasteiger partial charge in [0.2, 0.25) is 17.5 Å². The highest BCUT2D eigenvalue weighted by Gasteiger charge is 2.20. The summed E-state index contributed by atoms with van der Waals surface area (Å²) in [6.45, 7) is 1.01. The van der Waals surface area contributed by atoms with Gasteiger partial charge < -0.3 is 30.0 Å². The summed E-state index contributed by atoms with van der Waals surface area (Å²) in [7, 11) is 1.51. The molecule has 9 nitrogen and oxygen atoms in total. The van der Waals surface area contributed by atoms with Gasteiger partial charge in [-0.3, -0.25) is 9.59 Å². The number of fused-ring (bicyclic) bond motifs is 1. The summed E-state index contributed by atoms with van der Waals surface area (Å²) in [6, 6.07) is 12.9. The number of methoxy groups -OCH3 is 1. The highest BCUT2D eigenvalue weighted by molar-refractivity contribution is 6.05. The van der Waals surface area contributed by atoms with Gasteiger partial charge in [-0.15, -0.1) is 0 Å². The predicted octanol–water partition coefficient (Wildman–Crippen LogP) is 3.40. The minimum atomic E-state index is -0.548. The summed E-state index contributed by atoms with van der Waals surface area (Å²) in [6.07, 6.45) is 2.21. The lowest BCUT2D eigenvalue weighted by molar-refractivity contribution is 0.0997. The van der Waals surface area contributed by atoms with E-state index < -0.39 is 5.91 Å². The van der Waals surface area contributed by atoms with E-state index in [-0.39, 0.29) is 5.91 Å². The van der Waals surface area contributed by atoms with E-state index in [1.54, 1.807) is 42.5 Å². The lowest BCUT2D eigenvalue weighted by Gasteiger charge is -2.14. The number of nitrogens with one attached hydrogen (secondary N) is 1. The van der Waals surface area contributed by atoms with Crippen LogP contribution in [0.25, 0.3) is 0 Å². The normalized spacial score (nSPS) is 12.4. The second kappa shape index (κ2) is 9.25. The van der Waals surface area contributed by atoms with Crippen molar-refractivity contribution in [2.45, 2.75) is 6.42 Å². The first kappa shape index (κ1) is 21.0. The quantitative estimate of drug-likeness (QED) is 0.608. The fourth-order valence-electron chi connectivity index (χ4n) is 3.08. The molecule has 2 heterocycles. The molecule has 0 bridgehead atoms. The van der Waals surface area contributed by atoms with Crippen molar-refractivity contribution >= 4 is 17.5 Å². The number of nitrogens with zero attached hydrogens (tertiary/aromatic N) is 1. The first-order valence-electron chi connectivity index (χ1n) is 9.86. The van der Waals surface area contributed by atoms with Crippen molar-refractivity contribution in [2.75, 3.05) is 25.6 Å². The molecule has 1 aromatic heterocycles. The molecule has 0 aliphatic carbocycles. The Morgan fingerprint density at radius 1 is 1.06 bits per heavy atom. The molecule has 9 heteroatoms. The second-order valence-electron chi connectivity index (χ2n) is 6.89. The van der Waals surface area contributed by atoms with E-state index in [1.165, 1.54) is 19.4 Å². The SMILES string of the molecule is COc1cc(C(=O)Nc2ccc(Oc3cccc(C(N)=O)c3)nc2)cc2c1OCCCO2. The van der Waals surface area contributed by atoms with E-state index in [1.807, 2.05) is 0 Å². The zero-order valence-corrected chi connectivity index (χ0v) is 17.3. The number of benzene rings is 2. The number of hydrogen-bond acceptors (Lipinski definition) is 7. The minimum Gasteiger partial charge on any atom is -0.493 e. The number of pyridine rings is 1. The molecule has 2 amide bonds. The Balaban J connectivity index is 1.47. The molecular weight excluding hydrogens is 414 g/mol. The Bertz CT molecular complexity index is 1150. The molecular formula is C23H21N3O6. The highest BCUT2D eigenvalue weighted by atomic mass is 16.5. The fourth-order valence-corrected chi connectivity index (χ4v) is 3.08. The zero-order valence-electron chi connectivity index (χ0n) is 17.3. The molecule has 0 unspecified atom stereocenters. The van der Waals surface area contributed by atoms with Crippen LogP contribution in [0.2, 0.25) is 0 Å². The molecule has 0 saturated carbocycles. The van der Waals surface area contributed by atoms with Gasteiger partial charge in [0.15, 0.2) is 11.5 Å². The summed E-state index contributed by atoms with van der Waals surface area (Å²) >= 11 is 0. The number of ether oxygens (including phenoxy) is 4. The topological polar surface area (TPSA) is 122 Å². The molecule has 1 aliphatic rings. The molecule has 0 radical (unpaired) electrons. The number of rotatable bonds is 6. The average molecular weight is 435 g/mol. The number of primary amides is 1. The number of amides is 2. The Kier molecular flexibility index (Phi) is 6.07. The molecule has 0 fully saturated rings. The maximum absolute atomic E-state index is 12.8. The Labute approximate surface area is 184 Å². The van der Waals surface area contributed by atoms with E-state index in [0.717, 1.165) is 6.42 Å². The van der Waals surface area contributed by atoms with Gasteiger partial charge in [-0.25, -0.2) is 4.98 Å². The first-order chi connectivity index (χ1) is 15.5. The number of nitrogens with two attached hydrogens (primary N) is 1. The summed E-state index contributed by atoms with van der Waals surface area (Å²) in [5.74, 6) is 1.19. The van der Waals surface area contributed by atoms with Gasteiger partial charge in [0.25, 0.3) is 5.91 Å². The molecule has 0 spiro atoms. The molecule has 164 valence electrons. The van der Waals surface area contributed by atoms with Crippen molar-refractivity contribution in [1.82, 2.24) is 4.98 Å². The van der Waals surface area contributed by atoms with Crippen LogP contribution in [0, 0.1) is 0 Å². The van der Waals surface area contributed by atoms with E-state index >= 15 is 0 Å². The van der Waals surface area contributed by atoms with Gasteiger partial charge in [-0.2, -0.15) is 0 Å². The van der Waals surface area contributed by atoms with Crippen LogP contribution in [-0.4, -0.2) is 37.1 Å². The maximum atomic E-state index is 12.8. The van der Waals surface area contributed by atoms with Gasteiger partial charge in [-0.05, 0) is 36.4 Å². The van der Waals surface area contributed by atoms with Crippen molar-refractivity contribution in [2.24, 2.45) is 5.73 Å². The van der Waals surface area contributed by atoms with Gasteiger partial charge in [0, 0.05) is 23.6 Å². The molecule has 2 aromatic carbocycles. The van der Waals surface area contributed by atoms with Gasteiger partial charge >= 0.3 is 0 Å². The number of carbonyl (C=O) groups excluding carboxylic acids is 2. The fraction of sp³-hybridized carbons (Fsp3) is 0.174. The van der Waals surface area contributed by atoms with E-state index in [0.29, 0.717) is 58.9 Å². The van der Waals surface area contributed by atoms with Crippen LogP contribution in [0.15, 0.2) is 54.7 Å². The highest BCUT2D eigenvalue weighted by Crippen LogP contribution is 2.40. The summed E-state index contributed by atoms with van der Waals surface area (Å²) in [5, 5.41) is 2.78. The third-order valence-corrected chi connectivity index (χ3v) is 4.63. The zero-order chi connectivity index (χ0) is 22.5. The van der Waals surface area contributed by atoms with Crippen LogP contribution in [0.1, 0.15) is 27.1 Å². The first-order valence-corrected chi connectivity index (χ1v) is 9.86.